The number of hydrogen-bond donors (Lipinski definition) is 2. The van der Waals surface area contributed by atoms with Gasteiger partial charge in [-0.15, -0.1) is 0 Å². The van der Waals surface area contributed by atoms with E-state index in [0.29, 0.717) is 19.8 Å². The van der Waals surface area contributed by atoms with E-state index in [4.69, 9.17) is 15.3 Å². The first-order valence-corrected chi connectivity index (χ1v) is 5.08. The van der Waals surface area contributed by atoms with Crippen molar-refractivity contribution in [1.29, 1.82) is 0 Å². The molecule has 3 N–H and O–H groups in total. The average molecular weight is 224 g/mol. The summed E-state index contributed by atoms with van der Waals surface area (Å²) in [5.41, 5.74) is 2.03. The first-order valence-electron chi connectivity index (χ1n) is 5.08. The molecule has 0 bridgehead atoms. The van der Waals surface area contributed by atoms with Gasteiger partial charge in [0.25, 0.3) is 0 Å². The summed E-state index contributed by atoms with van der Waals surface area (Å²) in [4.78, 5) is 10.7. The molecule has 0 aromatic heterocycles. The molecule has 1 aromatic carbocycles. The highest BCUT2D eigenvalue weighted by Crippen LogP contribution is 2.07. The minimum atomic E-state index is -0.232. The van der Waals surface area contributed by atoms with Crippen molar-refractivity contribution in [3.8, 4) is 5.75 Å². The van der Waals surface area contributed by atoms with Gasteiger partial charge in [0, 0.05) is 0 Å². The molecule has 5 heteroatoms. The number of para-hydroxylation sites is 1. The lowest BCUT2D eigenvalue weighted by Crippen LogP contribution is -2.30. The number of carbonyl (C=O) groups excluding carboxylic acids is 1. The second kappa shape index (κ2) is 7.67. The Morgan fingerprint density at radius 3 is 2.62 bits per heavy atom. The molecule has 0 saturated carbocycles. The topological polar surface area (TPSA) is 73.6 Å². The summed E-state index contributed by atoms with van der Waals surface area (Å²) in [6, 6.07) is 9.49. The molecule has 5 nitrogen and oxygen atoms in total. The van der Waals surface area contributed by atoms with Crippen LogP contribution in [0.1, 0.15) is 6.42 Å². The van der Waals surface area contributed by atoms with Crippen molar-refractivity contribution >= 4 is 5.91 Å². The number of rotatable bonds is 7. The number of nitrogens with one attached hydrogen (secondary N) is 1. The monoisotopic (exact) mass is 224 g/mol. The predicted octanol–water partition coefficient (Wildman–Crippen LogP) is 0.462. The smallest absolute Gasteiger partial charge is 0.236 e. The van der Waals surface area contributed by atoms with Crippen molar-refractivity contribution in [2.75, 3.05) is 19.8 Å². The van der Waals surface area contributed by atoms with E-state index in [-0.39, 0.29) is 12.3 Å². The van der Waals surface area contributed by atoms with Crippen LogP contribution in [0.4, 0.5) is 0 Å². The van der Waals surface area contributed by atoms with Crippen LogP contribution in [0, 0.1) is 0 Å². The van der Waals surface area contributed by atoms with Gasteiger partial charge in [0.1, 0.15) is 12.4 Å². The highest BCUT2D eigenvalue weighted by Gasteiger charge is 1.97. The largest absolute Gasteiger partial charge is 0.491 e. The van der Waals surface area contributed by atoms with Crippen molar-refractivity contribution in [1.82, 2.24) is 5.43 Å². The molecule has 1 aromatic rings. The third-order valence-electron chi connectivity index (χ3n) is 1.87. The molecule has 0 saturated heterocycles. The fourth-order valence-electron chi connectivity index (χ4n) is 1.07. The fraction of sp³-hybridized carbons (Fsp3) is 0.364. The van der Waals surface area contributed by atoms with Crippen LogP contribution in [0.2, 0.25) is 0 Å². The maximum atomic E-state index is 10.7. The van der Waals surface area contributed by atoms with Crippen LogP contribution in [0.5, 0.6) is 5.75 Å². The van der Waals surface area contributed by atoms with Gasteiger partial charge in [-0.2, -0.15) is 0 Å². The molecule has 1 amide bonds. The number of carbonyl (C=O) groups is 1. The SMILES string of the molecule is NNC(=O)CCOCCOc1ccccc1. The standard InChI is InChI=1S/C11H16N2O3/c12-13-11(14)6-7-15-8-9-16-10-4-2-1-3-5-10/h1-5H,6-9,12H2,(H,13,14). The molecule has 0 spiro atoms. The van der Waals surface area contributed by atoms with Gasteiger partial charge in [0.2, 0.25) is 5.91 Å². The van der Waals surface area contributed by atoms with E-state index < -0.39 is 0 Å². The molecule has 0 fully saturated rings. The Morgan fingerprint density at radius 2 is 1.94 bits per heavy atom. The van der Waals surface area contributed by atoms with Crippen LogP contribution in [0.3, 0.4) is 0 Å². The zero-order valence-corrected chi connectivity index (χ0v) is 9.02. The van der Waals surface area contributed by atoms with Crippen molar-refractivity contribution in [3.05, 3.63) is 30.3 Å². The minimum Gasteiger partial charge on any atom is -0.491 e. The fourth-order valence-corrected chi connectivity index (χ4v) is 1.07. The zero-order chi connectivity index (χ0) is 11.6. The summed E-state index contributed by atoms with van der Waals surface area (Å²) >= 11 is 0. The van der Waals surface area contributed by atoms with Crippen LogP contribution in [0.15, 0.2) is 30.3 Å². The van der Waals surface area contributed by atoms with Crippen LogP contribution in [-0.2, 0) is 9.53 Å². The van der Waals surface area contributed by atoms with E-state index in [1.165, 1.54) is 0 Å². The molecule has 0 heterocycles. The maximum Gasteiger partial charge on any atom is 0.236 e. The first-order chi connectivity index (χ1) is 7.83. The van der Waals surface area contributed by atoms with Crippen LogP contribution in [-0.4, -0.2) is 25.7 Å². The molecule has 0 atom stereocenters. The number of amides is 1. The lowest BCUT2D eigenvalue weighted by Gasteiger charge is -2.06. The zero-order valence-electron chi connectivity index (χ0n) is 9.02. The Kier molecular flexibility index (Phi) is 5.98. The molecule has 88 valence electrons. The third-order valence-corrected chi connectivity index (χ3v) is 1.87. The van der Waals surface area contributed by atoms with E-state index in [1.807, 2.05) is 35.8 Å². The second-order valence-corrected chi connectivity index (χ2v) is 3.09. The average Bonchev–Trinajstić information content (AvgIpc) is 2.34. The van der Waals surface area contributed by atoms with E-state index in [9.17, 15) is 4.79 Å². The molecule has 16 heavy (non-hydrogen) atoms. The van der Waals surface area contributed by atoms with Gasteiger partial charge in [-0.05, 0) is 12.1 Å². The highest BCUT2D eigenvalue weighted by molar-refractivity contribution is 5.75. The molecule has 0 aliphatic carbocycles. The summed E-state index contributed by atoms with van der Waals surface area (Å²) in [7, 11) is 0. The predicted molar refractivity (Wildman–Crippen MR) is 59.7 cm³/mol. The summed E-state index contributed by atoms with van der Waals surface area (Å²) in [5.74, 6) is 5.49. The second-order valence-electron chi connectivity index (χ2n) is 3.09. The Labute approximate surface area is 94.5 Å². The first kappa shape index (κ1) is 12.5. The lowest BCUT2D eigenvalue weighted by atomic mass is 10.3. The summed E-state index contributed by atoms with van der Waals surface area (Å²) in [6.07, 6.45) is 0.266. The van der Waals surface area contributed by atoms with Gasteiger partial charge in [0.15, 0.2) is 0 Å². The van der Waals surface area contributed by atoms with Crippen molar-refractivity contribution in [3.63, 3.8) is 0 Å². The molecular formula is C11H16N2O3. The van der Waals surface area contributed by atoms with Gasteiger partial charge < -0.3 is 9.47 Å². The summed E-state index contributed by atoms with van der Waals surface area (Å²) in [6.45, 7) is 1.27. The van der Waals surface area contributed by atoms with E-state index in [1.54, 1.807) is 0 Å². The normalized spacial score (nSPS) is 9.81. The van der Waals surface area contributed by atoms with E-state index in [0.717, 1.165) is 5.75 Å². The Balaban J connectivity index is 1.98. The molecule has 1 rings (SSSR count). The van der Waals surface area contributed by atoms with E-state index in [2.05, 4.69) is 0 Å². The molecule has 0 aliphatic rings. The van der Waals surface area contributed by atoms with E-state index >= 15 is 0 Å². The molecule has 0 unspecified atom stereocenters. The van der Waals surface area contributed by atoms with Gasteiger partial charge >= 0.3 is 0 Å². The molecule has 0 aliphatic heterocycles. The van der Waals surface area contributed by atoms with Gasteiger partial charge in [-0.3, -0.25) is 10.2 Å². The third kappa shape index (κ3) is 5.33. The Morgan fingerprint density at radius 1 is 1.19 bits per heavy atom. The van der Waals surface area contributed by atoms with Gasteiger partial charge in [-0.25, -0.2) is 5.84 Å². The summed E-state index contributed by atoms with van der Waals surface area (Å²) < 4.78 is 10.6. The van der Waals surface area contributed by atoms with Crippen molar-refractivity contribution < 1.29 is 14.3 Å². The van der Waals surface area contributed by atoms with Crippen LogP contribution < -0.4 is 16.0 Å². The van der Waals surface area contributed by atoms with Gasteiger partial charge in [-0.1, -0.05) is 18.2 Å². The molecular weight excluding hydrogens is 208 g/mol. The number of hydrogen-bond acceptors (Lipinski definition) is 4. The van der Waals surface area contributed by atoms with Crippen LogP contribution in [0.25, 0.3) is 0 Å². The minimum absolute atomic E-state index is 0.232. The number of hydrazine groups is 1. The Bertz CT molecular complexity index is 303. The molecule has 0 radical (unpaired) electrons. The maximum absolute atomic E-state index is 10.7. The van der Waals surface area contributed by atoms with Crippen molar-refractivity contribution in [2.24, 2.45) is 5.84 Å². The highest BCUT2D eigenvalue weighted by atomic mass is 16.5. The number of nitrogens with two attached hydrogens (primary N) is 1. The number of ether oxygens (including phenoxy) is 2. The quantitative estimate of drug-likeness (QED) is 0.305. The lowest BCUT2D eigenvalue weighted by molar-refractivity contribution is -0.122. The number of benzene rings is 1. The summed E-state index contributed by atoms with van der Waals surface area (Å²) in [5, 5.41) is 0. The van der Waals surface area contributed by atoms with Gasteiger partial charge in [0.05, 0.1) is 19.6 Å². The Hall–Kier alpha value is -1.59. The van der Waals surface area contributed by atoms with Crippen molar-refractivity contribution in [2.45, 2.75) is 6.42 Å². The van der Waals surface area contributed by atoms with Crippen LogP contribution >= 0.6 is 0 Å².